The van der Waals surface area contributed by atoms with E-state index in [0.717, 1.165) is 13.2 Å². The highest BCUT2D eigenvalue weighted by molar-refractivity contribution is 4.80. The van der Waals surface area contributed by atoms with Gasteiger partial charge in [-0.2, -0.15) is 0 Å². The molecule has 1 aromatic heterocycles. The molecule has 0 radical (unpaired) electrons. The van der Waals surface area contributed by atoms with Crippen LogP contribution >= 0.6 is 0 Å². The van der Waals surface area contributed by atoms with Crippen LogP contribution in [0.2, 0.25) is 0 Å². The Morgan fingerprint density at radius 1 is 1.33 bits per heavy atom. The van der Waals surface area contributed by atoms with Gasteiger partial charge in [0.2, 0.25) is 0 Å². The zero-order valence-corrected chi connectivity index (χ0v) is 9.77. The van der Waals surface area contributed by atoms with E-state index in [0.29, 0.717) is 19.1 Å². The number of ether oxygens (including phenoxy) is 1. The zero-order chi connectivity index (χ0) is 11.3. The molecule has 0 unspecified atom stereocenters. The predicted octanol–water partition coefficient (Wildman–Crippen LogP) is 1.34. The second-order valence-corrected chi connectivity index (χ2v) is 4.03. The van der Waals surface area contributed by atoms with E-state index in [1.807, 2.05) is 19.3 Å². The molecule has 0 saturated carbocycles. The fourth-order valence-electron chi connectivity index (χ4n) is 1.35. The Labute approximate surface area is 90.5 Å². The topological polar surface area (TPSA) is 36.2 Å². The summed E-state index contributed by atoms with van der Waals surface area (Å²) >= 11 is 0. The van der Waals surface area contributed by atoms with Crippen molar-refractivity contribution in [2.24, 2.45) is 5.92 Å². The number of imidazole rings is 1. The molecule has 0 fully saturated rings. The monoisotopic (exact) mass is 212 g/mol. The van der Waals surface area contributed by atoms with E-state index in [1.54, 1.807) is 9.13 Å². The molecule has 0 N–H and O–H groups in total. The van der Waals surface area contributed by atoms with E-state index >= 15 is 0 Å². The van der Waals surface area contributed by atoms with Gasteiger partial charge in [-0.3, -0.25) is 9.13 Å². The normalized spacial score (nSPS) is 11.2. The summed E-state index contributed by atoms with van der Waals surface area (Å²) in [5.74, 6) is 0.543. The summed E-state index contributed by atoms with van der Waals surface area (Å²) in [7, 11) is 0. The standard InChI is InChI=1S/C11H20N2O2/c1-4-12-5-6-13(11(12)14)7-8-15-9-10(2)3/h5-6,10H,4,7-9H2,1-3H3. The smallest absolute Gasteiger partial charge is 0.328 e. The van der Waals surface area contributed by atoms with Crippen LogP contribution in [0, 0.1) is 5.92 Å². The van der Waals surface area contributed by atoms with Gasteiger partial charge in [-0.15, -0.1) is 0 Å². The van der Waals surface area contributed by atoms with Crippen LogP contribution < -0.4 is 5.69 Å². The van der Waals surface area contributed by atoms with E-state index in [9.17, 15) is 4.79 Å². The van der Waals surface area contributed by atoms with Crippen LogP contribution in [0.25, 0.3) is 0 Å². The zero-order valence-electron chi connectivity index (χ0n) is 9.77. The molecule has 15 heavy (non-hydrogen) atoms. The van der Waals surface area contributed by atoms with E-state index in [2.05, 4.69) is 13.8 Å². The maximum absolute atomic E-state index is 11.6. The van der Waals surface area contributed by atoms with Gasteiger partial charge in [-0.1, -0.05) is 13.8 Å². The molecule has 1 aromatic rings. The maximum atomic E-state index is 11.6. The number of hydrogen-bond acceptors (Lipinski definition) is 2. The second-order valence-electron chi connectivity index (χ2n) is 4.03. The average molecular weight is 212 g/mol. The summed E-state index contributed by atoms with van der Waals surface area (Å²) in [5, 5.41) is 0. The van der Waals surface area contributed by atoms with E-state index in [4.69, 9.17) is 4.74 Å². The van der Waals surface area contributed by atoms with Gasteiger partial charge < -0.3 is 4.74 Å². The summed E-state index contributed by atoms with van der Waals surface area (Å²) in [6.07, 6.45) is 3.62. The second kappa shape index (κ2) is 5.75. The van der Waals surface area contributed by atoms with Crippen molar-refractivity contribution in [1.29, 1.82) is 0 Å². The molecule has 86 valence electrons. The molecule has 0 saturated heterocycles. The number of aryl methyl sites for hydroxylation is 1. The molecular weight excluding hydrogens is 192 g/mol. The summed E-state index contributed by atoms with van der Waals surface area (Å²) in [6.45, 7) is 8.90. The Hall–Kier alpha value is -1.03. The summed E-state index contributed by atoms with van der Waals surface area (Å²) in [6, 6.07) is 0. The molecule has 1 rings (SSSR count). The number of rotatable bonds is 6. The lowest BCUT2D eigenvalue weighted by atomic mass is 10.2. The number of aromatic nitrogens is 2. The van der Waals surface area contributed by atoms with Crippen molar-refractivity contribution in [3.63, 3.8) is 0 Å². The molecule has 0 spiro atoms. The van der Waals surface area contributed by atoms with Crippen molar-refractivity contribution in [2.45, 2.75) is 33.9 Å². The number of hydrogen-bond donors (Lipinski definition) is 0. The first-order chi connectivity index (χ1) is 7.15. The van der Waals surface area contributed by atoms with Gasteiger partial charge in [0.05, 0.1) is 13.2 Å². The van der Waals surface area contributed by atoms with Crippen molar-refractivity contribution in [3.8, 4) is 0 Å². The van der Waals surface area contributed by atoms with Crippen LogP contribution in [0.3, 0.4) is 0 Å². The molecule has 0 aliphatic carbocycles. The van der Waals surface area contributed by atoms with Crippen LogP contribution in [0.15, 0.2) is 17.2 Å². The Kier molecular flexibility index (Phi) is 4.62. The van der Waals surface area contributed by atoms with Crippen LogP contribution in [0.4, 0.5) is 0 Å². The molecule has 0 amide bonds. The largest absolute Gasteiger partial charge is 0.379 e. The highest BCUT2D eigenvalue weighted by Gasteiger charge is 2.01. The molecule has 4 heteroatoms. The summed E-state index contributed by atoms with van der Waals surface area (Å²) in [5.41, 5.74) is 0.0469. The number of nitrogens with zero attached hydrogens (tertiary/aromatic N) is 2. The molecule has 0 aliphatic heterocycles. The van der Waals surface area contributed by atoms with Crippen molar-refractivity contribution in [2.75, 3.05) is 13.2 Å². The van der Waals surface area contributed by atoms with Crippen LogP contribution in [-0.4, -0.2) is 22.3 Å². The molecular formula is C11H20N2O2. The molecule has 0 aliphatic rings. The lowest BCUT2D eigenvalue weighted by molar-refractivity contribution is 0.102. The van der Waals surface area contributed by atoms with Gasteiger partial charge in [0.25, 0.3) is 0 Å². The minimum Gasteiger partial charge on any atom is -0.379 e. The van der Waals surface area contributed by atoms with Gasteiger partial charge in [0.15, 0.2) is 0 Å². The maximum Gasteiger partial charge on any atom is 0.328 e. The van der Waals surface area contributed by atoms with Gasteiger partial charge in [-0.25, -0.2) is 4.79 Å². The predicted molar refractivity (Wildman–Crippen MR) is 60.0 cm³/mol. The van der Waals surface area contributed by atoms with Crippen LogP contribution in [-0.2, 0) is 17.8 Å². The van der Waals surface area contributed by atoms with E-state index in [1.165, 1.54) is 0 Å². The van der Waals surface area contributed by atoms with Crippen LogP contribution in [0.5, 0.6) is 0 Å². The van der Waals surface area contributed by atoms with Crippen molar-refractivity contribution < 1.29 is 4.74 Å². The summed E-state index contributed by atoms with van der Waals surface area (Å²) < 4.78 is 8.80. The van der Waals surface area contributed by atoms with Gasteiger partial charge in [0, 0.05) is 25.5 Å². The van der Waals surface area contributed by atoms with Gasteiger partial charge in [0.1, 0.15) is 0 Å². The fraction of sp³-hybridized carbons (Fsp3) is 0.727. The molecule has 4 nitrogen and oxygen atoms in total. The minimum absolute atomic E-state index is 0.0469. The fourth-order valence-corrected chi connectivity index (χ4v) is 1.35. The SMILES string of the molecule is CCn1ccn(CCOCC(C)C)c1=O. The first-order valence-corrected chi connectivity index (χ1v) is 5.48. The molecule has 0 bridgehead atoms. The van der Waals surface area contributed by atoms with E-state index in [-0.39, 0.29) is 5.69 Å². The molecule has 0 aromatic carbocycles. The van der Waals surface area contributed by atoms with Crippen molar-refractivity contribution in [3.05, 3.63) is 22.9 Å². The highest BCUT2D eigenvalue weighted by Crippen LogP contribution is 1.93. The van der Waals surface area contributed by atoms with Crippen molar-refractivity contribution in [1.82, 2.24) is 9.13 Å². The molecule has 0 atom stereocenters. The first kappa shape index (κ1) is 12.0. The van der Waals surface area contributed by atoms with Gasteiger partial charge >= 0.3 is 5.69 Å². The lowest BCUT2D eigenvalue weighted by Crippen LogP contribution is -2.25. The third-order valence-electron chi connectivity index (χ3n) is 2.19. The van der Waals surface area contributed by atoms with Gasteiger partial charge in [-0.05, 0) is 12.8 Å². The first-order valence-electron chi connectivity index (χ1n) is 5.48. The Balaban J connectivity index is 2.38. The minimum atomic E-state index is 0.0469. The third-order valence-corrected chi connectivity index (χ3v) is 2.19. The lowest BCUT2D eigenvalue weighted by Gasteiger charge is -2.06. The third kappa shape index (κ3) is 3.55. The summed E-state index contributed by atoms with van der Waals surface area (Å²) in [4.78, 5) is 11.6. The molecule has 1 heterocycles. The quantitative estimate of drug-likeness (QED) is 0.667. The highest BCUT2D eigenvalue weighted by atomic mass is 16.5. The Morgan fingerprint density at radius 2 is 2.00 bits per heavy atom. The van der Waals surface area contributed by atoms with Crippen LogP contribution in [0.1, 0.15) is 20.8 Å². The Morgan fingerprint density at radius 3 is 2.53 bits per heavy atom. The Bertz CT molecular complexity index is 339. The van der Waals surface area contributed by atoms with Crippen molar-refractivity contribution >= 4 is 0 Å². The van der Waals surface area contributed by atoms with E-state index < -0.39 is 0 Å². The average Bonchev–Trinajstić information content (AvgIpc) is 2.54.